The Hall–Kier alpha value is -0.990. The molecule has 1 saturated carbocycles. The molecule has 2 aliphatic carbocycles. The maximum atomic E-state index is 11.9. The van der Waals surface area contributed by atoms with Crippen LogP contribution in [-0.4, -0.2) is 69.0 Å². The maximum absolute atomic E-state index is 11.9. The van der Waals surface area contributed by atoms with Crippen LogP contribution in [0.1, 0.15) is 19.3 Å². The highest BCUT2D eigenvalue weighted by atomic mass is 16.4. The number of rotatable bonds is 8. The summed E-state index contributed by atoms with van der Waals surface area (Å²) < 4.78 is 0. The van der Waals surface area contributed by atoms with Crippen molar-refractivity contribution in [3.05, 3.63) is 12.2 Å². The average Bonchev–Trinajstić information content (AvgIpc) is 3.13. The molecular formula is C15H25NO6. The smallest absolute Gasteiger partial charge is 0.251 e. The van der Waals surface area contributed by atoms with Gasteiger partial charge in [0.1, 0.15) is 12.2 Å². The molecule has 0 aliphatic heterocycles. The molecule has 1 amide bonds. The van der Waals surface area contributed by atoms with Gasteiger partial charge in [-0.2, -0.15) is 0 Å². The average molecular weight is 315 g/mol. The van der Waals surface area contributed by atoms with Crippen LogP contribution in [0.3, 0.4) is 0 Å². The Balaban J connectivity index is 1.77. The summed E-state index contributed by atoms with van der Waals surface area (Å²) in [6, 6.07) is 0. The summed E-state index contributed by atoms with van der Waals surface area (Å²) in [5.74, 6) is 0.616. The number of amides is 1. The molecule has 0 saturated heterocycles. The summed E-state index contributed by atoms with van der Waals surface area (Å²) in [7, 11) is 0. The zero-order valence-electron chi connectivity index (χ0n) is 12.4. The number of carbonyl (C=O) groups is 1. The normalized spacial score (nSPS) is 31.8. The molecule has 2 rings (SSSR count). The minimum Gasteiger partial charge on any atom is -0.396 e. The van der Waals surface area contributed by atoms with E-state index >= 15 is 0 Å². The third-order valence-corrected chi connectivity index (χ3v) is 4.72. The van der Waals surface area contributed by atoms with Gasteiger partial charge in [0, 0.05) is 13.2 Å². The first-order valence-electron chi connectivity index (χ1n) is 7.73. The molecule has 6 N–H and O–H groups in total. The molecule has 0 radical (unpaired) electrons. The molecule has 0 heterocycles. The topological polar surface area (TPSA) is 130 Å². The van der Waals surface area contributed by atoms with Gasteiger partial charge in [-0.1, -0.05) is 12.2 Å². The van der Waals surface area contributed by atoms with Gasteiger partial charge >= 0.3 is 0 Å². The molecule has 0 aromatic heterocycles. The van der Waals surface area contributed by atoms with E-state index in [1.54, 1.807) is 0 Å². The number of carbonyl (C=O) groups excluding carboxylic acids is 1. The number of aliphatic hydroxyl groups excluding tert-OH is 5. The number of aliphatic hydroxyl groups is 5. The zero-order chi connectivity index (χ0) is 16.3. The first kappa shape index (κ1) is 17.4. The van der Waals surface area contributed by atoms with Gasteiger partial charge in [-0.15, -0.1) is 0 Å². The Morgan fingerprint density at radius 1 is 1.14 bits per heavy atom. The van der Waals surface area contributed by atoms with E-state index in [-0.39, 0.29) is 13.0 Å². The molecule has 126 valence electrons. The van der Waals surface area contributed by atoms with Gasteiger partial charge in [0.05, 0.1) is 6.10 Å². The van der Waals surface area contributed by atoms with Crippen LogP contribution in [0.4, 0.5) is 0 Å². The molecule has 7 atom stereocenters. The zero-order valence-corrected chi connectivity index (χ0v) is 12.4. The summed E-state index contributed by atoms with van der Waals surface area (Å²) in [6.45, 7) is 0.0500. The fourth-order valence-corrected chi connectivity index (χ4v) is 3.34. The first-order valence-corrected chi connectivity index (χ1v) is 7.73. The number of hydrogen-bond acceptors (Lipinski definition) is 6. The second kappa shape index (κ2) is 7.52. The van der Waals surface area contributed by atoms with E-state index in [9.17, 15) is 25.2 Å². The summed E-state index contributed by atoms with van der Waals surface area (Å²) in [5.41, 5.74) is 0. The number of fused-ring (bicyclic) bond motifs is 2. The van der Waals surface area contributed by atoms with Crippen LogP contribution in [0.5, 0.6) is 0 Å². The number of hydrogen-bond donors (Lipinski definition) is 6. The molecule has 7 heteroatoms. The third-order valence-electron chi connectivity index (χ3n) is 4.72. The van der Waals surface area contributed by atoms with Crippen LogP contribution in [0.25, 0.3) is 0 Å². The minimum atomic E-state index is -1.82. The molecule has 2 bridgehead atoms. The van der Waals surface area contributed by atoms with E-state index in [0.717, 1.165) is 12.8 Å². The molecule has 2 aliphatic rings. The fraction of sp³-hybridized carbons (Fsp3) is 0.800. The van der Waals surface area contributed by atoms with Crippen molar-refractivity contribution in [2.75, 3.05) is 13.2 Å². The molecular weight excluding hydrogens is 290 g/mol. The van der Waals surface area contributed by atoms with Crippen LogP contribution >= 0.6 is 0 Å². The van der Waals surface area contributed by atoms with Crippen LogP contribution in [-0.2, 0) is 4.79 Å². The predicted octanol–water partition coefficient (Wildman–Crippen LogP) is -1.86. The Morgan fingerprint density at radius 3 is 2.41 bits per heavy atom. The van der Waals surface area contributed by atoms with E-state index in [0.29, 0.717) is 24.3 Å². The highest BCUT2D eigenvalue weighted by Gasteiger charge is 2.37. The van der Waals surface area contributed by atoms with Gasteiger partial charge in [-0.3, -0.25) is 4.79 Å². The Kier molecular flexibility index (Phi) is 5.94. The van der Waals surface area contributed by atoms with Crippen LogP contribution < -0.4 is 5.32 Å². The van der Waals surface area contributed by atoms with Crippen molar-refractivity contribution in [2.45, 2.75) is 43.7 Å². The molecule has 0 aromatic carbocycles. The lowest BCUT2D eigenvalue weighted by Crippen LogP contribution is -2.51. The van der Waals surface area contributed by atoms with Crippen molar-refractivity contribution in [3.8, 4) is 0 Å². The van der Waals surface area contributed by atoms with E-state index < -0.39 is 30.3 Å². The number of allylic oxidation sites excluding steroid dienone is 2. The van der Waals surface area contributed by atoms with Crippen molar-refractivity contribution in [2.24, 2.45) is 17.8 Å². The SMILES string of the molecule is O=C(NCC1CC2C=CC1C2)C(O)C(O)C(O)C(O)CCO. The highest BCUT2D eigenvalue weighted by Crippen LogP contribution is 2.42. The minimum absolute atomic E-state index is 0.149. The van der Waals surface area contributed by atoms with Crippen LogP contribution in [0, 0.1) is 17.8 Å². The van der Waals surface area contributed by atoms with Gasteiger partial charge in [-0.25, -0.2) is 0 Å². The second-order valence-electron chi connectivity index (χ2n) is 6.29. The molecule has 1 fully saturated rings. The van der Waals surface area contributed by atoms with Gasteiger partial charge in [-0.05, 0) is 37.0 Å². The second-order valence-corrected chi connectivity index (χ2v) is 6.29. The van der Waals surface area contributed by atoms with Gasteiger partial charge in [0.15, 0.2) is 6.10 Å². The van der Waals surface area contributed by atoms with Gasteiger partial charge in [0.25, 0.3) is 5.91 Å². The highest BCUT2D eigenvalue weighted by molar-refractivity contribution is 5.81. The van der Waals surface area contributed by atoms with Crippen LogP contribution in [0.2, 0.25) is 0 Å². The van der Waals surface area contributed by atoms with Crippen molar-refractivity contribution in [1.82, 2.24) is 5.32 Å². The Bertz CT molecular complexity index is 415. The lowest BCUT2D eigenvalue weighted by atomic mass is 9.93. The summed E-state index contributed by atoms with van der Waals surface area (Å²) in [5, 5.41) is 49.9. The molecule has 0 spiro atoms. The lowest BCUT2D eigenvalue weighted by Gasteiger charge is -2.26. The lowest BCUT2D eigenvalue weighted by molar-refractivity contribution is -0.147. The quantitative estimate of drug-likeness (QED) is 0.291. The standard InChI is InChI=1S/C15H25NO6/c17-4-3-11(18)12(19)13(20)14(21)15(22)16-7-10-6-8-1-2-9(10)5-8/h1-2,8-14,17-21H,3-7H2,(H,16,22). The largest absolute Gasteiger partial charge is 0.396 e. The maximum Gasteiger partial charge on any atom is 0.251 e. The predicted molar refractivity (Wildman–Crippen MR) is 77.6 cm³/mol. The Labute approximate surface area is 129 Å². The van der Waals surface area contributed by atoms with E-state index in [4.69, 9.17) is 5.11 Å². The molecule has 7 unspecified atom stereocenters. The monoisotopic (exact) mass is 315 g/mol. The third kappa shape index (κ3) is 3.85. The van der Waals surface area contributed by atoms with E-state index in [1.807, 2.05) is 0 Å². The van der Waals surface area contributed by atoms with Crippen molar-refractivity contribution in [1.29, 1.82) is 0 Å². The van der Waals surface area contributed by atoms with Crippen molar-refractivity contribution in [3.63, 3.8) is 0 Å². The van der Waals surface area contributed by atoms with E-state index in [1.165, 1.54) is 0 Å². The fourth-order valence-electron chi connectivity index (χ4n) is 3.34. The van der Waals surface area contributed by atoms with Crippen LogP contribution in [0.15, 0.2) is 12.2 Å². The van der Waals surface area contributed by atoms with E-state index in [2.05, 4.69) is 17.5 Å². The molecule has 7 nitrogen and oxygen atoms in total. The Morgan fingerprint density at radius 2 is 1.86 bits per heavy atom. The van der Waals surface area contributed by atoms with Crippen molar-refractivity contribution >= 4 is 5.91 Å². The number of nitrogens with one attached hydrogen (secondary N) is 1. The molecule has 0 aromatic rings. The summed E-state index contributed by atoms with van der Waals surface area (Å²) >= 11 is 0. The van der Waals surface area contributed by atoms with Crippen molar-refractivity contribution < 1.29 is 30.3 Å². The summed E-state index contributed by atoms with van der Waals surface area (Å²) in [6.07, 6.45) is -0.402. The molecule has 22 heavy (non-hydrogen) atoms. The van der Waals surface area contributed by atoms with Gasteiger partial charge in [0.2, 0.25) is 0 Å². The van der Waals surface area contributed by atoms with Gasteiger partial charge < -0.3 is 30.8 Å². The first-order chi connectivity index (χ1) is 10.4. The summed E-state index contributed by atoms with van der Waals surface area (Å²) in [4.78, 5) is 11.9.